The highest BCUT2D eigenvalue weighted by atomic mass is 19.1. The molecule has 0 aliphatic heterocycles. The summed E-state index contributed by atoms with van der Waals surface area (Å²) in [5, 5.41) is 18.3. The minimum atomic E-state index is -1.52. The third-order valence-electron chi connectivity index (χ3n) is 2.69. The Morgan fingerprint density at radius 3 is 2.42 bits per heavy atom. The van der Waals surface area contributed by atoms with Crippen LogP contribution in [0.3, 0.4) is 0 Å². The number of benzene rings is 2. The molecule has 0 spiro atoms. The van der Waals surface area contributed by atoms with E-state index in [-0.39, 0.29) is 5.82 Å². The van der Waals surface area contributed by atoms with Gasteiger partial charge in [-0.15, -0.1) is 0 Å². The molecule has 0 aliphatic carbocycles. The van der Waals surface area contributed by atoms with Gasteiger partial charge in [0.25, 0.3) is 0 Å². The fraction of sp³-hybridized carbons (Fsp3) is 0.143. The van der Waals surface area contributed by atoms with Crippen LogP contribution in [0.25, 0.3) is 0 Å². The van der Waals surface area contributed by atoms with E-state index in [1.807, 2.05) is 6.92 Å². The normalized spacial score (nSPS) is 10.3. The number of hydrogen-bond donors (Lipinski definition) is 2. The van der Waals surface area contributed by atoms with Gasteiger partial charge in [0.05, 0.1) is 0 Å². The molecule has 19 heavy (non-hydrogen) atoms. The predicted octanol–water partition coefficient (Wildman–Crippen LogP) is 1.39. The molecule has 0 fully saturated rings. The van der Waals surface area contributed by atoms with Crippen LogP contribution < -0.4 is 10.2 Å². The molecular weight excluding hydrogens is 246 g/mol. The van der Waals surface area contributed by atoms with Crippen molar-refractivity contribution in [2.24, 2.45) is 0 Å². The summed E-state index contributed by atoms with van der Waals surface area (Å²) < 4.78 is 18.3. The highest BCUT2D eigenvalue weighted by molar-refractivity contribution is 6.58. The molecule has 2 aromatic carbocycles. The molecule has 0 saturated carbocycles. The van der Waals surface area contributed by atoms with E-state index in [9.17, 15) is 4.39 Å². The lowest BCUT2D eigenvalue weighted by atomic mass is 9.79. The lowest BCUT2D eigenvalue weighted by molar-refractivity contribution is 0.306. The molecule has 2 rings (SSSR count). The van der Waals surface area contributed by atoms with Crippen LogP contribution in [-0.2, 0) is 6.61 Å². The Morgan fingerprint density at radius 1 is 1.11 bits per heavy atom. The van der Waals surface area contributed by atoms with Crippen LogP contribution in [0, 0.1) is 12.7 Å². The van der Waals surface area contributed by atoms with Crippen LogP contribution >= 0.6 is 0 Å². The Hall–Kier alpha value is -1.85. The van der Waals surface area contributed by atoms with Gasteiger partial charge in [0.1, 0.15) is 18.2 Å². The third-order valence-corrected chi connectivity index (χ3v) is 2.69. The van der Waals surface area contributed by atoms with Crippen molar-refractivity contribution in [2.75, 3.05) is 0 Å². The zero-order chi connectivity index (χ0) is 13.8. The van der Waals surface area contributed by atoms with Crippen LogP contribution in [0.5, 0.6) is 5.75 Å². The largest absolute Gasteiger partial charge is 0.489 e. The molecule has 0 radical (unpaired) electrons. The minimum absolute atomic E-state index is 0.287. The first-order chi connectivity index (χ1) is 9.04. The highest BCUT2D eigenvalue weighted by Crippen LogP contribution is 2.14. The van der Waals surface area contributed by atoms with Crippen molar-refractivity contribution in [3.63, 3.8) is 0 Å². The van der Waals surface area contributed by atoms with Crippen LogP contribution in [0.2, 0.25) is 0 Å². The monoisotopic (exact) mass is 260 g/mol. The zero-order valence-electron chi connectivity index (χ0n) is 10.5. The predicted molar refractivity (Wildman–Crippen MR) is 71.7 cm³/mol. The van der Waals surface area contributed by atoms with E-state index in [0.29, 0.717) is 17.8 Å². The molecule has 0 atom stereocenters. The van der Waals surface area contributed by atoms with Crippen molar-refractivity contribution in [2.45, 2.75) is 13.5 Å². The minimum Gasteiger partial charge on any atom is -0.489 e. The summed E-state index contributed by atoms with van der Waals surface area (Å²) in [5.74, 6) is 0.261. The number of halogens is 1. The van der Waals surface area contributed by atoms with Crippen molar-refractivity contribution in [1.29, 1.82) is 0 Å². The summed E-state index contributed by atoms with van der Waals surface area (Å²) >= 11 is 0. The summed E-state index contributed by atoms with van der Waals surface area (Å²) in [6.45, 7) is 2.14. The highest BCUT2D eigenvalue weighted by Gasteiger charge is 2.12. The molecule has 0 amide bonds. The summed E-state index contributed by atoms with van der Waals surface area (Å²) in [4.78, 5) is 0. The molecular formula is C14H14BFO3. The maximum atomic E-state index is 12.7. The number of rotatable bonds is 4. The Balaban J connectivity index is 2.08. The standard InChI is InChI=1S/C14H14BFO3/c1-10-6-12(15(17)18)8-14(7-10)19-9-11-2-4-13(16)5-3-11/h2-8,17-18H,9H2,1H3. The van der Waals surface area contributed by atoms with Gasteiger partial charge in [-0.2, -0.15) is 0 Å². The van der Waals surface area contributed by atoms with Crippen LogP contribution in [0.1, 0.15) is 11.1 Å². The van der Waals surface area contributed by atoms with Crippen molar-refractivity contribution < 1.29 is 19.2 Å². The number of hydrogen-bond acceptors (Lipinski definition) is 3. The van der Waals surface area contributed by atoms with Gasteiger partial charge in [-0.1, -0.05) is 18.2 Å². The Labute approximate surface area is 111 Å². The van der Waals surface area contributed by atoms with Crippen molar-refractivity contribution >= 4 is 12.6 Å². The molecule has 0 unspecified atom stereocenters. The maximum absolute atomic E-state index is 12.7. The summed E-state index contributed by atoms with van der Waals surface area (Å²) in [6, 6.07) is 11.1. The Bertz CT molecular complexity index is 555. The molecule has 0 heterocycles. The lowest BCUT2D eigenvalue weighted by Crippen LogP contribution is -2.30. The molecule has 0 aliphatic rings. The van der Waals surface area contributed by atoms with Gasteiger partial charge in [-0.05, 0) is 47.8 Å². The van der Waals surface area contributed by atoms with E-state index in [2.05, 4.69) is 0 Å². The topological polar surface area (TPSA) is 49.7 Å². The Kier molecular flexibility index (Phi) is 4.19. The molecule has 2 N–H and O–H groups in total. The van der Waals surface area contributed by atoms with E-state index >= 15 is 0 Å². The molecule has 3 nitrogen and oxygen atoms in total. The smallest absolute Gasteiger partial charge is 0.488 e. The first kappa shape index (κ1) is 13.6. The van der Waals surface area contributed by atoms with Gasteiger partial charge in [0.2, 0.25) is 0 Å². The van der Waals surface area contributed by atoms with Gasteiger partial charge < -0.3 is 14.8 Å². The quantitative estimate of drug-likeness (QED) is 0.817. The van der Waals surface area contributed by atoms with Crippen LogP contribution in [0.4, 0.5) is 4.39 Å². The molecule has 98 valence electrons. The van der Waals surface area contributed by atoms with Crippen molar-refractivity contribution in [3.05, 3.63) is 59.4 Å². The van der Waals surface area contributed by atoms with Crippen LogP contribution in [0.15, 0.2) is 42.5 Å². The van der Waals surface area contributed by atoms with Crippen molar-refractivity contribution in [3.8, 4) is 5.75 Å². The van der Waals surface area contributed by atoms with Gasteiger partial charge >= 0.3 is 7.12 Å². The van der Waals surface area contributed by atoms with E-state index in [1.165, 1.54) is 12.1 Å². The SMILES string of the molecule is Cc1cc(OCc2ccc(F)cc2)cc(B(O)O)c1. The first-order valence-electron chi connectivity index (χ1n) is 5.89. The molecule has 0 bridgehead atoms. The van der Waals surface area contributed by atoms with Crippen molar-refractivity contribution in [1.82, 2.24) is 0 Å². The second kappa shape index (κ2) is 5.86. The third kappa shape index (κ3) is 3.81. The molecule has 0 aromatic heterocycles. The maximum Gasteiger partial charge on any atom is 0.488 e. The average Bonchev–Trinajstić information content (AvgIpc) is 2.37. The fourth-order valence-electron chi connectivity index (χ4n) is 1.76. The van der Waals surface area contributed by atoms with Crippen LogP contribution in [-0.4, -0.2) is 17.2 Å². The lowest BCUT2D eigenvalue weighted by Gasteiger charge is -2.09. The van der Waals surface area contributed by atoms with E-state index < -0.39 is 7.12 Å². The van der Waals surface area contributed by atoms with Gasteiger partial charge in [-0.3, -0.25) is 0 Å². The summed E-state index contributed by atoms with van der Waals surface area (Å²) in [6.07, 6.45) is 0. The summed E-state index contributed by atoms with van der Waals surface area (Å²) in [7, 11) is -1.52. The second-order valence-electron chi connectivity index (χ2n) is 4.37. The van der Waals surface area contributed by atoms with E-state index in [0.717, 1.165) is 11.1 Å². The average molecular weight is 260 g/mol. The molecule has 0 saturated heterocycles. The molecule has 2 aromatic rings. The van der Waals surface area contributed by atoms with Gasteiger partial charge in [-0.25, -0.2) is 4.39 Å². The molecule has 5 heteroatoms. The fourth-order valence-corrected chi connectivity index (χ4v) is 1.76. The first-order valence-corrected chi connectivity index (χ1v) is 5.89. The summed E-state index contributed by atoms with van der Waals surface area (Å²) in [5.41, 5.74) is 2.10. The zero-order valence-corrected chi connectivity index (χ0v) is 10.5. The van der Waals surface area contributed by atoms with Gasteiger partial charge in [0.15, 0.2) is 0 Å². The second-order valence-corrected chi connectivity index (χ2v) is 4.37. The Morgan fingerprint density at radius 2 is 1.79 bits per heavy atom. The van der Waals surface area contributed by atoms with Gasteiger partial charge in [0, 0.05) is 0 Å². The number of ether oxygens (including phenoxy) is 1. The van der Waals surface area contributed by atoms with E-state index in [1.54, 1.807) is 30.3 Å². The number of aryl methyl sites for hydroxylation is 1. The van der Waals surface area contributed by atoms with E-state index in [4.69, 9.17) is 14.8 Å².